The molecule has 0 bridgehead atoms. The van der Waals surface area contributed by atoms with Crippen LogP contribution in [0.2, 0.25) is 0 Å². The summed E-state index contributed by atoms with van der Waals surface area (Å²) in [6, 6.07) is 1.93. The Morgan fingerprint density at radius 2 is 2.13 bits per heavy atom. The molecule has 1 aromatic rings. The molecule has 0 radical (unpaired) electrons. The number of rotatable bonds is 8. The number of nitrogens with zero attached hydrogens (tertiary/aromatic N) is 2. The van der Waals surface area contributed by atoms with Crippen LogP contribution in [0.4, 0.5) is 5.82 Å². The van der Waals surface area contributed by atoms with Crippen molar-refractivity contribution < 1.29 is 19.2 Å². The van der Waals surface area contributed by atoms with Gasteiger partial charge in [0.2, 0.25) is 5.91 Å². The summed E-state index contributed by atoms with van der Waals surface area (Å²) in [5, 5.41) is 3.24. The molecule has 0 aliphatic carbocycles. The molecule has 2 saturated heterocycles. The van der Waals surface area contributed by atoms with E-state index in [0.29, 0.717) is 25.5 Å². The molecule has 2 aliphatic rings. The van der Waals surface area contributed by atoms with Crippen LogP contribution >= 0.6 is 22.6 Å². The molecular formula is C22H31IN4O4. The second-order valence-corrected chi connectivity index (χ2v) is 9.21. The Hall–Kier alpha value is -1.72. The zero-order chi connectivity index (χ0) is 22.1. The van der Waals surface area contributed by atoms with Crippen molar-refractivity contribution in [3.05, 3.63) is 27.5 Å². The number of hydrogen-bond acceptors (Lipinski definition) is 6. The average molecular weight is 542 g/mol. The van der Waals surface area contributed by atoms with Crippen LogP contribution in [0.1, 0.15) is 51.0 Å². The van der Waals surface area contributed by atoms with Crippen molar-refractivity contribution in [2.24, 2.45) is 5.92 Å². The van der Waals surface area contributed by atoms with Crippen molar-refractivity contribution in [2.45, 2.75) is 51.7 Å². The molecule has 0 aromatic carbocycles. The number of ether oxygens (including phenoxy) is 1. The predicted molar refractivity (Wildman–Crippen MR) is 127 cm³/mol. The van der Waals surface area contributed by atoms with E-state index in [0.717, 1.165) is 60.1 Å². The molecule has 3 rings (SSSR count). The zero-order valence-electron chi connectivity index (χ0n) is 17.9. The summed E-state index contributed by atoms with van der Waals surface area (Å²) in [6.45, 7) is 5.17. The number of aromatic nitrogens is 1. The first kappa shape index (κ1) is 23.9. The first-order valence-electron chi connectivity index (χ1n) is 10.9. The normalized spacial score (nSPS) is 20.1. The minimum Gasteiger partial charge on any atom is -0.369 e. The Bertz CT molecular complexity index is 775. The fraction of sp³-hybridized carbons (Fsp3) is 0.591. The van der Waals surface area contributed by atoms with Crippen LogP contribution in [0.3, 0.4) is 0 Å². The van der Waals surface area contributed by atoms with Gasteiger partial charge in [-0.1, -0.05) is 6.92 Å². The lowest BCUT2D eigenvalue weighted by Gasteiger charge is -2.30. The molecule has 0 saturated carbocycles. The lowest BCUT2D eigenvalue weighted by molar-refractivity contribution is -0.198. The molecule has 2 N–H and O–H groups in total. The van der Waals surface area contributed by atoms with Gasteiger partial charge in [0.25, 0.3) is 5.91 Å². The van der Waals surface area contributed by atoms with Gasteiger partial charge in [-0.15, -0.1) is 0 Å². The highest BCUT2D eigenvalue weighted by Crippen LogP contribution is 2.19. The van der Waals surface area contributed by atoms with Crippen LogP contribution in [-0.2, 0) is 19.2 Å². The van der Waals surface area contributed by atoms with Crippen LogP contribution < -0.4 is 10.8 Å². The number of carbonyl (C=O) groups is 2. The van der Waals surface area contributed by atoms with E-state index < -0.39 is 0 Å². The van der Waals surface area contributed by atoms with E-state index in [2.05, 4.69) is 45.3 Å². The summed E-state index contributed by atoms with van der Waals surface area (Å²) in [5.74, 6) is 1.29. The fourth-order valence-electron chi connectivity index (χ4n) is 3.51. The number of carbonyl (C=O) groups excluding carboxylic acids is 2. The molecule has 2 amide bonds. The highest BCUT2D eigenvalue weighted by atomic mass is 127. The van der Waals surface area contributed by atoms with E-state index in [1.807, 2.05) is 11.0 Å². The van der Waals surface area contributed by atoms with Crippen LogP contribution in [0, 0.1) is 9.49 Å². The Kier molecular flexibility index (Phi) is 9.54. The van der Waals surface area contributed by atoms with Crippen LogP contribution in [-0.4, -0.2) is 54.2 Å². The van der Waals surface area contributed by atoms with E-state index >= 15 is 0 Å². The molecule has 0 spiro atoms. The number of amides is 2. The van der Waals surface area contributed by atoms with Crippen molar-refractivity contribution in [2.75, 3.05) is 31.6 Å². The molecule has 3 heterocycles. The van der Waals surface area contributed by atoms with Gasteiger partial charge in [-0.3, -0.25) is 9.59 Å². The number of anilines is 1. The van der Waals surface area contributed by atoms with Crippen molar-refractivity contribution in [1.82, 2.24) is 15.4 Å². The molecule has 2 fully saturated rings. The maximum atomic E-state index is 12.3. The molecule has 1 aromatic heterocycles. The third kappa shape index (κ3) is 8.04. The number of piperidine rings is 1. The van der Waals surface area contributed by atoms with Crippen molar-refractivity contribution in [3.8, 4) is 0 Å². The summed E-state index contributed by atoms with van der Waals surface area (Å²) >= 11 is 2.20. The quantitative estimate of drug-likeness (QED) is 0.298. The average Bonchev–Trinajstić information content (AvgIpc) is 2.78. The van der Waals surface area contributed by atoms with Gasteiger partial charge in [0.15, 0.2) is 6.29 Å². The molecule has 2 aliphatic heterocycles. The number of hydroxylamine groups is 1. The summed E-state index contributed by atoms with van der Waals surface area (Å²) in [5.41, 5.74) is 3.20. The molecule has 1 atom stereocenters. The first-order valence-corrected chi connectivity index (χ1v) is 12.0. The second kappa shape index (κ2) is 12.4. The maximum Gasteiger partial charge on any atom is 0.267 e. The number of likely N-dealkylation sites (tertiary alicyclic amines) is 1. The molecule has 8 nitrogen and oxygen atoms in total. The number of nitrogens with one attached hydrogen (secondary N) is 2. The predicted octanol–water partition coefficient (Wildman–Crippen LogP) is 3.33. The third-order valence-electron chi connectivity index (χ3n) is 5.49. The third-order valence-corrected chi connectivity index (χ3v) is 6.31. The van der Waals surface area contributed by atoms with E-state index in [-0.39, 0.29) is 18.1 Å². The van der Waals surface area contributed by atoms with Gasteiger partial charge in [-0.05, 0) is 71.9 Å². The van der Waals surface area contributed by atoms with Crippen LogP contribution in [0.15, 0.2) is 18.3 Å². The molecule has 31 heavy (non-hydrogen) atoms. The summed E-state index contributed by atoms with van der Waals surface area (Å²) in [7, 11) is 0. The summed E-state index contributed by atoms with van der Waals surface area (Å²) < 4.78 is 6.33. The molecule has 170 valence electrons. The second-order valence-electron chi connectivity index (χ2n) is 8.05. The Morgan fingerprint density at radius 1 is 1.32 bits per heavy atom. The number of hydrogen-bond donors (Lipinski definition) is 2. The Morgan fingerprint density at radius 3 is 2.84 bits per heavy atom. The van der Waals surface area contributed by atoms with Crippen LogP contribution in [0.5, 0.6) is 0 Å². The highest BCUT2D eigenvalue weighted by molar-refractivity contribution is 14.1. The minimum absolute atomic E-state index is 0.195. The fourth-order valence-corrected chi connectivity index (χ4v) is 4.20. The summed E-state index contributed by atoms with van der Waals surface area (Å²) in [4.78, 5) is 35.9. The van der Waals surface area contributed by atoms with Gasteiger partial charge in [0, 0.05) is 51.4 Å². The molecular weight excluding hydrogens is 511 g/mol. The van der Waals surface area contributed by atoms with Gasteiger partial charge < -0.3 is 15.0 Å². The standard InChI is InChI=1S/C22H31IN4O4/c1-16-8-11-27(12-9-16)20(29)7-10-24-22-18(23)14-17(15-25-22)5-6-19(28)26-31-21-4-2-3-13-30-21/h5-6,14-16,21H,2-4,7-13H2,1H3,(H,24,25)(H,26,28)/b6-5+. The van der Waals surface area contributed by atoms with Crippen molar-refractivity contribution in [1.29, 1.82) is 0 Å². The maximum absolute atomic E-state index is 12.3. The first-order chi connectivity index (χ1) is 15.0. The smallest absolute Gasteiger partial charge is 0.267 e. The van der Waals surface area contributed by atoms with Crippen molar-refractivity contribution in [3.63, 3.8) is 0 Å². The molecule has 9 heteroatoms. The topological polar surface area (TPSA) is 92.8 Å². The monoisotopic (exact) mass is 542 g/mol. The highest BCUT2D eigenvalue weighted by Gasteiger charge is 2.20. The van der Waals surface area contributed by atoms with Gasteiger partial charge in [0.1, 0.15) is 5.82 Å². The van der Waals surface area contributed by atoms with E-state index in [4.69, 9.17) is 9.57 Å². The Balaban J connectivity index is 1.40. The zero-order valence-corrected chi connectivity index (χ0v) is 20.1. The minimum atomic E-state index is -0.371. The summed E-state index contributed by atoms with van der Waals surface area (Å²) in [6.07, 6.45) is 9.88. The lowest BCUT2D eigenvalue weighted by atomic mass is 9.99. The van der Waals surface area contributed by atoms with E-state index in [1.54, 1.807) is 12.3 Å². The van der Waals surface area contributed by atoms with Gasteiger partial charge in [-0.25, -0.2) is 15.3 Å². The van der Waals surface area contributed by atoms with Gasteiger partial charge in [-0.2, -0.15) is 0 Å². The van der Waals surface area contributed by atoms with Crippen molar-refractivity contribution >= 4 is 46.3 Å². The number of pyridine rings is 1. The lowest BCUT2D eigenvalue weighted by Crippen LogP contribution is -2.38. The van der Waals surface area contributed by atoms with Gasteiger partial charge in [0.05, 0.1) is 3.57 Å². The largest absolute Gasteiger partial charge is 0.369 e. The van der Waals surface area contributed by atoms with Gasteiger partial charge >= 0.3 is 0 Å². The van der Waals surface area contributed by atoms with E-state index in [9.17, 15) is 9.59 Å². The number of halogens is 1. The van der Waals surface area contributed by atoms with E-state index in [1.165, 1.54) is 6.08 Å². The molecule has 1 unspecified atom stereocenters. The Labute approximate surface area is 197 Å². The van der Waals surface area contributed by atoms with Crippen LogP contribution in [0.25, 0.3) is 6.08 Å². The SMILES string of the molecule is CC1CCN(C(=O)CCNc2ncc(/C=C/C(=O)NOC3CCCCO3)cc2I)CC1.